The number of aliphatic hydroxyl groups is 1. The maximum atomic E-state index is 12.4. The molecule has 1 aliphatic rings. The number of aryl methyl sites for hydroxylation is 1. The fraction of sp³-hybridized carbons (Fsp3) is 0.556. The molecule has 0 heterocycles. The summed E-state index contributed by atoms with van der Waals surface area (Å²) in [6.45, 7) is 1.91. The van der Waals surface area contributed by atoms with Crippen LogP contribution in [0.2, 0.25) is 0 Å². The van der Waals surface area contributed by atoms with E-state index in [4.69, 9.17) is 0 Å². The molecule has 0 saturated heterocycles. The molecule has 0 aromatic heterocycles. The Morgan fingerprint density at radius 1 is 1.32 bits per heavy atom. The van der Waals surface area contributed by atoms with Gasteiger partial charge in [-0.25, -0.2) is 4.79 Å². The summed E-state index contributed by atoms with van der Waals surface area (Å²) < 4.78 is 4.62. The number of benzene rings is 1. The average Bonchev–Trinajstić information content (AvgIpc) is 2.97. The topological polar surface area (TPSA) is 63.6 Å². The quantitative estimate of drug-likeness (QED) is 0.621. The molecule has 3 atom stereocenters. The van der Waals surface area contributed by atoms with Crippen molar-refractivity contribution in [1.29, 1.82) is 0 Å². The standard InChI is InChI=1S/C18H24O4/c1-3-13(19)9-11-16(17(20)18(21)22-2)15-10-8-12-6-4-5-7-14(12)15/h4-7,13,15-16,19H,3,8-11H2,1-2H3. The maximum Gasteiger partial charge on any atom is 0.374 e. The number of carbonyl (C=O) groups is 2. The van der Waals surface area contributed by atoms with Crippen LogP contribution in [0.1, 0.15) is 49.7 Å². The van der Waals surface area contributed by atoms with E-state index >= 15 is 0 Å². The zero-order valence-corrected chi connectivity index (χ0v) is 13.2. The number of ketones is 1. The lowest BCUT2D eigenvalue weighted by Gasteiger charge is -2.23. The van der Waals surface area contributed by atoms with Crippen molar-refractivity contribution in [2.75, 3.05) is 7.11 Å². The van der Waals surface area contributed by atoms with Gasteiger partial charge in [0.25, 0.3) is 0 Å². The zero-order chi connectivity index (χ0) is 16.1. The van der Waals surface area contributed by atoms with E-state index in [2.05, 4.69) is 10.8 Å². The number of esters is 1. The summed E-state index contributed by atoms with van der Waals surface area (Å²) in [5.41, 5.74) is 2.42. The van der Waals surface area contributed by atoms with Crippen molar-refractivity contribution in [3.63, 3.8) is 0 Å². The minimum Gasteiger partial charge on any atom is -0.463 e. The number of fused-ring (bicyclic) bond motifs is 1. The van der Waals surface area contributed by atoms with E-state index in [-0.39, 0.29) is 5.92 Å². The molecule has 4 heteroatoms. The molecule has 1 aromatic rings. The molecule has 0 spiro atoms. The minimum absolute atomic E-state index is 0.0480. The predicted molar refractivity (Wildman–Crippen MR) is 83.5 cm³/mol. The molecule has 22 heavy (non-hydrogen) atoms. The average molecular weight is 304 g/mol. The van der Waals surface area contributed by atoms with Crippen LogP contribution in [0.5, 0.6) is 0 Å². The normalized spacial score (nSPS) is 19.3. The van der Waals surface area contributed by atoms with Gasteiger partial charge >= 0.3 is 5.97 Å². The molecule has 3 unspecified atom stereocenters. The lowest BCUT2D eigenvalue weighted by atomic mass is 9.80. The summed E-state index contributed by atoms with van der Waals surface area (Å²) >= 11 is 0. The van der Waals surface area contributed by atoms with Gasteiger partial charge in [-0.15, -0.1) is 0 Å². The molecule has 2 rings (SSSR count). The molecule has 1 aliphatic carbocycles. The minimum atomic E-state index is -0.777. The number of Topliss-reactive ketones (excluding diaryl/α,β-unsaturated/α-hetero) is 1. The van der Waals surface area contributed by atoms with Crippen molar-refractivity contribution >= 4 is 11.8 Å². The van der Waals surface area contributed by atoms with Gasteiger partial charge in [-0.1, -0.05) is 31.2 Å². The third-order valence-corrected chi connectivity index (χ3v) is 4.67. The zero-order valence-electron chi connectivity index (χ0n) is 13.2. The van der Waals surface area contributed by atoms with Gasteiger partial charge in [-0.05, 0) is 49.1 Å². The van der Waals surface area contributed by atoms with E-state index < -0.39 is 23.8 Å². The van der Waals surface area contributed by atoms with Gasteiger partial charge in [-0.2, -0.15) is 0 Å². The molecule has 0 radical (unpaired) electrons. The Morgan fingerprint density at radius 3 is 2.73 bits per heavy atom. The molecule has 0 amide bonds. The number of hydrogen-bond acceptors (Lipinski definition) is 4. The van der Waals surface area contributed by atoms with Gasteiger partial charge in [0.05, 0.1) is 13.2 Å². The van der Waals surface area contributed by atoms with Crippen molar-refractivity contribution in [2.45, 2.75) is 51.0 Å². The van der Waals surface area contributed by atoms with Crippen LogP contribution in [-0.2, 0) is 20.7 Å². The highest BCUT2D eigenvalue weighted by Gasteiger charge is 2.37. The smallest absolute Gasteiger partial charge is 0.374 e. The summed E-state index contributed by atoms with van der Waals surface area (Å²) in [5.74, 6) is -1.60. The maximum absolute atomic E-state index is 12.4. The Labute approximate surface area is 131 Å². The third kappa shape index (κ3) is 3.55. The van der Waals surface area contributed by atoms with E-state index in [1.165, 1.54) is 12.7 Å². The first kappa shape index (κ1) is 16.7. The van der Waals surface area contributed by atoms with Crippen molar-refractivity contribution in [2.24, 2.45) is 5.92 Å². The fourth-order valence-electron chi connectivity index (χ4n) is 3.35. The number of ether oxygens (including phenoxy) is 1. The van der Waals surface area contributed by atoms with Crippen LogP contribution in [0, 0.1) is 5.92 Å². The molecule has 0 aliphatic heterocycles. The summed E-state index contributed by atoms with van der Waals surface area (Å²) in [4.78, 5) is 24.1. The Kier molecular flexibility index (Phi) is 5.72. The fourth-order valence-corrected chi connectivity index (χ4v) is 3.35. The Morgan fingerprint density at radius 2 is 2.05 bits per heavy atom. The third-order valence-electron chi connectivity index (χ3n) is 4.67. The van der Waals surface area contributed by atoms with Crippen LogP contribution in [0.4, 0.5) is 0 Å². The number of rotatable bonds is 7. The summed E-state index contributed by atoms with van der Waals surface area (Å²) in [7, 11) is 1.24. The summed E-state index contributed by atoms with van der Waals surface area (Å²) in [6, 6.07) is 8.09. The van der Waals surface area contributed by atoms with E-state index in [0.717, 1.165) is 18.4 Å². The lowest BCUT2D eigenvalue weighted by Crippen LogP contribution is -2.30. The largest absolute Gasteiger partial charge is 0.463 e. The van der Waals surface area contributed by atoms with Crippen molar-refractivity contribution in [1.82, 2.24) is 0 Å². The Balaban J connectivity index is 2.21. The second-order valence-electron chi connectivity index (χ2n) is 5.95. The van der Waals surface area contributed by atoms with Crippen molar-refractivity contribution in [3.8, 4) is 0 Å². The second kappa shape index (κ2) is 7.54. The van der Waals surface area contributed by atoms with Gasteiger partial charge in [0.1, 0.15) is 0 Å². The summed E-state index contributed by atoms with van der Waals surface area (Å²) in [6.07, 6.45) is 3.08. The highest BCUT2D eigenvalue weighted by Crippen LogP contribution is 2.40. The molecule has 1 aromatic carbocycles. The van der Waals surface area contributed by atoms with Crippen LogP contribution in [-0.4, -0.2) is 30.1 Å². The predicted octanol–water partition coefficient (Wildman–Crippen LogP) is 2.63. The van der Waals surface area contributed by atoms with Crippen LogP contribution in [0.15, 0.2) is 24.3 Å². The highest BCUT2D eigenvalue weighted by molar-refractivity contribution is 6.34. The lowest BCUT2D eigenvalue weighted by molar-refractivity contribution is -0.154. The Bertz CT molecular complexity index is 538. The van der Waals surface area contributed by atoms with Gasteiger partial charge < -0.3 is 9.84 Å². The summed E-state index contributed by atoms with van der Waals surface area (Å²) in [5, 5.41) is 9.79. The van der Waals surface area contributed by atoms with Crippen LogP contribution in [0.25, 0.3) is 0 Å². The molecule has 0 fully saturated rings. The monoisotopic (exact) mass is 304 g/mol. The SMILES string of the molecule is CCC(O)CCC(C(=O)C(=O)OC)C1CCc2ccccc21. The number of aliphatic hydroxyl groups excluding tert-OH is 1. The second-order valence-corrected chi connectivity index (χ2v) is 5.95. The molecular weight excluding hydrogens is 280 g/mol. The Hall–Kier alpha value is -1.68. The van der Waals surface area contributed by atoms with E-state index in [0.29, 0.717) is 19.3 Å². The van der Waals surface area contributed by atoms with Crippen molar-refractivity contribution in [3.05, 3.63) is 35.4 Å². The molecule has 0 saturated carbocycles. The first-order valence-corrected chi connectivity index (χ1v) is 7.96. The van der Waals surface area contributed by atoms with Gasteiger partial charge in [0.2, 0.25) is 5.78 Å². The highest BCUT2D eigenvalue weighted by atomic mass is 16.5. The van der Waals surface area contributed by atoms with E-state index in [9.17, 15) is 14.7 Å². The molecule has 120 valence electrons. The van der Waals surface area contributed by atoms with Gasteiger partial charge in [-0.3, -0.25) is 4.79 Å². The molecule has 0 bridgehead atoms. The first-order chi connectivity index (χ1) is 10.6. The first-order valence-electron chi connectivity index (χ1n) is 7.96. The number of methoxy groups -OCH3 is 1. The van der Waals surface area contributed by atoms with Gasteiger partial charge in [0, 0.05) is 5.92 Å². The van der Waals surface area contributed by atoms with E-state index in [1.807, 2.05) is 25.1 Å². The molecule has 1 N–H and O–H groups in total. The van der Waals surface area contributed by atoms with Gasteiger partial charge in [0.15, 0.2) is 0 Å². The van der Waals surface area contributed by atoms with Crippen LogP contribution in [0.3, 0.4) is 0 Å². The molecule has 4 nitrogen and oxygen atoms in total. The van der Waals surface area contributed by atoms with Crippen LogP contribution >= 0.6 is 0 Å². The number of hydrogen-bond donors (Lipinski definition) is 1. The van der Waals surface area contributed by atoms with E-state index in [1.54, 1.807) is 0 Å². The van der Waals surface area contributed by atoms with Crippen molar-refractivity contribution < 1.29 is 19.4 Å². The number of carbonyl (C=O) groups excluding carboxylic acids is 2. The molecular formula is C18H24O4. The van der Waals surface area contributed by atoms with Crippen LogP contribution < -0.4 is 0 Å².